The first-order valence-corrected chi connectivity index (χ1v) is 14.9. The van der Waals surface area contributed by atoms with E-state index in [0.29, 0.717) is 112 Å². The highest BCUT2D eigenvalue weighted by molar-refractivity contribution is 5.69. The third-order valence-corrected chi connectivity index (χ3v) is 4.99. The zero-order valence-corrected chi connectivity index (χ0v) is 25.8. The van der Waals surface area contributed by atoms with Crippen LogP contribution in [0.4, 0.5) is 0 Å². The second-order valence-electron chi connectivity index (χ2n) is 9.91. The quantitative estimate of drug-likeness (QED) is 0.0859. The minimum atomic E-state index is -0.467. The van der Waals surface area contributed by atoms with Crippen LogP contribution in [0.25, 0.3) is 0 Å². The molecule has 0 atom stereocenters. The highest BCUT2D eigenvalue weighted by atomic mass is 16.6. The van der Waals surface area contributed by atoms with E-state index >= 15 is 0 Å². The molecule has 0 unspecified atom stereocenters. The molecule has 11 nitrogen and oxygen atoms in total. The van der Waals surface area contributed by atoms with Gasteiger partial charge in [-0.25, -0.2) is 0 Å². The molecule has 240 valence electrons. The van der Waals surface area contributed by atoms with Gasteiger partial charge in [-0.15, -0.1) is 0 Å². The number of rotatable bonds is 32. The van der Waals surface area contributed by atoms with Crippen LogP contribution in [0.1, 0.15) is 59.8 Å². The minimum Gasteiger partial charge on any atom is -0.460 e. The van der Waals surface area contributed by atoms with Crippen LogP contribution in [0, 0.1) is 0 Å². The molecule has 0 aromatic rings. The lowest BCUT2D eigenvalue weighted by atomic mass is 10.2. The Kier molecular flexibility index (Phi) is 30.4. The van der Waals surface area contributed by atoms with Crippen molar-refractivity contribution >= 4 is 5.97 Å². The summed E-state index contributed by atoms with van der Waals surface area (Å²) in [4.78, 5) is 11.5. The minimum absolute atomic E-state index is 0.238. The van der Waals surface area contributed by atoms with E-state index in [1.807, 2.05) is 20.8 Å². The number of hydrogen-bond acceptors (Lipinski definition) is 11. The molecule has 0 rings (SSSR count). The van der Waals surface area contributed by atoms with Crippen LogP contribution >= 0.6 is 0 Å². The maximum Gasteiger partial charge on any atom is 0.308 e. The van der Waals surface area contributed by atoms with Gasteiger partial charge in [0.25, 0.3) is 0 Å². The summed E-state index contributed by atoms with van der Waals surface area (Å²) < 4.78 is 54.3. The number of ether oxygens (including phenoxy) is 10. The molecule has 0 aliphatic heterocycles. The fourth-order valence-electron chi connectivity index (χ4n) is 3.04. The summed E-state index contributed by atoms with van der Waals surface area (Å²) in [5, 5.41) is 0. The Morgan fingerprint density at radius 3 is 1.02 bits per heavy atom. The smallest absolute Gasteiger partial charge is 0.308 e. The Bertz CT molecular complexity index is 515. The van der Waals surface area contributed by atoms with E-state index in [1.165, 1.54) is 19.3 Å². The average molecular weight is 583 g/mol. The van der Waals surface area contributed by atoms with Gasteiger partial charge in [-0.2, -0.15) is 0 Å². The van der Waals surface area contributed by atoms with Crippen molar-refractivity contribution in [3.05, 3.63) is 0 Å². The predicted molar refractivity (Wildman–Crippen MR) is 152 cm³/mol. The summed E-state index contributed by atoms with van der Waals surface area (Å²) in [5.74, 6) is -0.260. The molecule has 0 N–H and O–H groups in total. The maximum absolute atomic E-state index is 11.5. The molecule has 40 heavy (non-hydrogen) atoms. The zero-order chi connectivity index (χ0) is 29.4. The molecule has 0 saturated carbocycles. The van der Waals surface area contributed by atoms with Crippen molar-refractivity contribution in [3.63, 3.8) is 0 Å². The van der Waals surface area contributed by atoms with E-state index < -0.39 is 5.60 Å². The monoisotopic (exact) mass is 582 g/mol. The lowest BCUT2D eigenvalue weighted by molar-refractivity contribution is -0.156. The molecule has 0 aliphatic rings. The van der Waals surface area contributed by atoms with Gasteiger partial charge in [0, 0.05) is 6.61 Å². The lowest BCUT2D eigenvalue weighted by Gasteiger charge is -2.19. The van der Waals surface area contributed by atoms with Crippen LogP contribution in [0.3, 0.4) is 0 Å². The summed E-state index contributed by atoms with van der Waals surface area (Å²) in [7, 11) is 0. The van der Waals surface area contributed by atoms with Gasteiger partial charge in [-0.3, -0.25) is 4.79 Å². The highest BCUT2D eigenvalue weighted by Crippen LogP contribution is 2.08. The largest absolute Gasteiger partial charge is 0.460 e. The van der Waals surface area contributed by atoms with Crippen LogP contribution in [0.5, 0.6) is 0 Å². The molecule has 0 heterocycles. The maximum atomic E-state index is 11.5. The molecule has 0 bridgehead atoms. The van der Waals surface area contributed by atoms with E-state index in [9.17, 15) is 4.79 Å². The molecule has 0 fully saturated rings. The molecule has 11 heteroatoms. The molecule has 0 aromatic heterocycles. The normalized spacial score (nSPS) is 11.8. The third kappa shape index (κ3) is 35.1. The van der Waals surface area contributed by atoms with E-state index in [1.54, 1.807) is 0 Å². The van der Waals surface area contributed by atoms with E-state index in [-0.39, 0.29) is 12.4 Å². The van der Waals surface area contributed by atoms with Crippen LogP contribution < -0.4 is 0 Å². The number of esters is 1. The molecular formula is C29H58O11. The van der Waals surface area contributed by atoms with Crippen LogP contribution in [-0.2, 0) is 52.2 Å². The SMILES string of the molecule is CCCCCCOCCOCCOCCOCCOCCOCCOCCOCCOCCC(=O)OC(C)(C)C. The molecule has 0 amide bonds. The second-order valence-corrected chi connectivity index (χ2v) is 9.91. The van der Waals surface area contributed by atoms with Gasteiger partial charge in [-0.05, 0) is 27.2 Å². The predicted octanol–water partition coefficient (Wildman–Crippen LogP) is 3.45. The fraction of sp³-hybridized carbons (Fsp3) is 0.966. The molecule has 0 radical (unpaired) electrons. The third-order valence-electron chi connectivity index (χ3n) is 4.99. The van der Waals surface area contributed by atoms with Crippen molar-refractivity contribution < 1.29 is 52.2 Å². The Balaban J connectivity index is 3.09. The van der Waals surface area contributed by atoms with Gasteiger partial charge in [0.05, 0.1) is 119 Å². The van der Waals surface area contributed by atoms with Crippen molar-refractivity contribution in [2.24, 2.45) is 0 Å². The summed E-state index contributed by atoms with van der Waals surface area (Å²) in [6, 6.07) is 0. The first kappa shape index (κ1) is 39.1. The van der Waals surface area contributed by atoms with E-state index in [2.05, 4.69) is 6.92 Å². The van der Waals surface area contributed by atoms with Gasteiger partial charge in [0.15, 0.2) is 0 Å². The first-order valence-electron chi connectivity index (χ1n) is 14.9. The summed E-state index contributed by atoms with van der Waals surface area (Å²) in [6.07, 6.45) is 5.13. The van der Waals surface area contributed by atoms with Crippen molar-refractivity contribution in [3.8, 4) is 0 Å². The van der Waals surface area contributed by atoms with Gasteiger partial charge in [0.1, 0.15) is 5.60 Å². The van der Waals surface area contributed by atoms with Crippen molar-refractivity contribution in [2.45, 2.75) is 65.4 Å². The molecule has 0 saturated heterocycles. The summed E-state index contributed by atoms with van der Waals surface area (Å²) >= 11 is 0. The number of unbranched alkanes of at least 4 members (excludes halogenated alkanes) is 3. The zero-order valence-electron chi connectivity index (χ0n) is 25.8. The topological polar surface area (TPSA) is 109 Å². The Morgan fingerprint density at radius 2 is 0.725 bits per heavy atom. The van der Waals surface area contributed by atoms with Crippen molar-refractivity contribution in [1.29, 1.82) is 0 Å². The standard InChI is InChI=1S/C29H58O11/c1-5-6-7-8-10-31-12-14-33-16-18-35-20-22-37-24-26-39-27-25-38-23-21-36-19-17-34-15-13-32-11-9-28(30)40-29(2,3)4/h5-27H2,1-4H3. The van der Waals surface area contributed by atoms with Gasteiger partial charge in [0.2, 0.25) is 0 Å². The van der Waals surface area contributed by atoms with Crippen LogP contribution in [0.2, 0.25) is 0 Å². The van der Waals surface area contributed by atoms with Gasteiger partial charge in [-0.1, -0.05) is 26.2 Å². The Morgan fingerprint density at radius 1 is 0.425 bits per heavy atom. The van der Waals surface area contributed by atoms with Crippen molar-refractivity contribution in [1.82, 2.24) is 0 Å². The average Bonchev–Trinajstić information content (AvgIpc) is 2.90. The molecule has 0 aliphatic carbocycles. The van der Waals surface area contributed by atoms with Crippen molar-refractivity contribution in [2.75, 3.05) is 119 Å². The fourth-order valence-corrected chi connectivity index (χ4v) is 3.04. The highest BCUT2D eigenvalue weighted by Gasteiger charge is 2.15. The second kappa shape index (κ2) is 31.1. The number of hydrogen-bond donors (Lipinski definition) is 0. The number of carbonyl (C=O) groups excluding carboxylic acids is 1. The number of carbonyl (C=O) groups is 1. The molecule has 0 aromatic carbocycles. The van der Waals surface area contributed by atoms with E-state index in [4.69, 9.17) is 47.4 Å². The summed E-state index contributed by atoms with van der Waals surface area (Å²) in [6.45, 7) is 17.2. The Labute approximate surface area is 242 Å². The Hall–Kier alpha value is -0.890. The van der Waals surface area contributed by atoms with Gasteiger partial charge < -0.3 is 47.4 Å². The van der Waals surface area contributed by atoms with Gasteiger partial charge >= 0.3 is 5.97 Å². The van der Waals surface area contributed by atoms with Crippen LogP contribution in [-0.4, -0.2) is 130 Å². The van der Waals surface area contributed by atoms with Crippen LogP contribution in [0.15, 0.2) is 0 Å². The van der Waals surface area contributed by atoms with E-state index in [0.717, 1.165) is 13.0 Å². The lowest BCUT2D eigenvalue weighted by Crippen LogP contribution is -2.24. The summed E-state index contributed by atoms with van der Waals surface area (Å²) in [5.41, 5.74) is -0.467. The molecular weight excluding hydrogens is 524 g/mol. The first-order chi connectivity index (χ1) is 19.5. The molecule has 0 spiro atoms.